The molecule has 0 atom stereocenters. The highest BCUT2D eigenvalue weighted by atomic mass is 16.1. The number of nitrogens with zero attached hydrogens (tertiary/aromatic N) is 5. The second-order valence-electron chi connectivity index (χ2n) is 6.52. The molecule has 4 aromatic rings. The van der Waals surface area contributed by atoms with Crippen LogP contribution in [0.15, 0.2) is 60.9 Å². The Morgan fingerprint density at radius 3 is 2.83 bits per heavy atom. The number of nitriles is 1. The van der Waals surface area contributed by atoms with E-state index in [1.807, 2.05) is 63.8 Å². The molecule has 0 spiro atoms. The Labute approximate surface area is 167 Å². The zero-order valence-corrected chi connectivity index (χ0v) is 15.8. The fourth-order valence-corrected chi connectivity index (χ4v) is 3.17. The van der Waals surface area contributed by atoms with Crippen molar-refractivity contribution in [2.75, 3.05) is 10.6 Å². The van der Waals surface area contributed by atoms with Gasteiger partial charge in [0, 0.05) is 31.0 Å². The summed E-state index contributed by atoms with van der Waals surface area (Å²) in [4.78, 5) is 15.6. The maximum atomic E-state index is 11.3. The van der Waals surface area contributed by atoms with Crippen molar-refractivity contribution in [1.82, 2.24) is 19.2 Å². The standard InChI is InChI=1S/C21H19N7O/c1-15(29)24-16-5-2-6-17(13-16)25-21-23-14-18-8-9-20(28(18)26-21)19-7-3-11-27(19)12-4-10-22/h2-3,5-9,11,13-14H,4,12H2,1H3,(H,24,29)(H,25,26). The molecule has 3 heterocycles. The highest BCUT2D eigenvalue weighted by Crippen LogP contribution is 2.24. The number of aromatic nitrogens is 4. The Morgan fingerprint density at radius 2 is 2.00 bits per heavy atom. The molecule has 0 aliphatic heterocycles. The highest BCUT2D eigenvalue weighted by molar-refractivity contribution is 5.89. The van der Waals surface area contributed by atoms with Gasteiger partial charge in [0.15, 0.2) is 0 Å². The van der Waals surface area contributed by atoms with Gasteiger partial charge in [-0.15, -0.1) is 5.10 Å². The van der Waals surface area contributed by atoms with Gasteiger partial charge in [0.25, 0.3) is 0 Å². The molecule has 1 amide bonds. The molecular formula is C21H19N7O. The maximum Gasteiger partial charge on any atom is 0.245 e. The van der Waals surface area contributed by atoms with Gasteiger partial charge in [0.05, 0.1) is 35.6 Å². The summed E-state index contributed by atoms with van der Waals surface area (Å²) >= 11 is 0. The molecule has 3 aromatic heterocycles. The van der Waals surface area contributed by atoms with Crippen molar-refractivity contribution in [2.24, 2.45) is 0 Å². The molecule has 0 aliphatic carbocycles. The summed E-state index contributed by atoms with van der Waals surface area (Å²) in [5.41, 5.74) is 4.23. The molecular weight excluding hydrogens is 366 g/mol. The molecule has 0 aliphatic rings. The van der Waals surface area contributed by atoms with Crippen molar-refractivity contribution in [2.45, 2.75) is 19.9 Å². The lowest BCUT2D eigenvalue weighted by Gasteiger charge is -2.10. The molecule has 0 radical (unpaired) electrons. The first-order valence-corrected chi connectivity index (χ1v) is 9.16. The van der Waals surface area contributed by atoms with E-state index in [4.69, 9.17) is 5.26 Å². The number of benzene rings is 1. The Kier molecular flexibility index (Phi) is 4.95. The summed E-state index contributed by atoms with van der Waals surface area (Å²) < 4.78 is 3.86. The van der Waals surface area contributed by atoms with Crippen molar-refractivity contribution in [3.8, 4) is 17.5 Å². The molecule has 1 aromatic carbocycles. The average Bonchev–Trinajstić information content (AvgIpc) is 3.32. The molecule has 0 bridgehead atoms. The molecule has 29 heavy (non-hydrogen) atoms. The summed E-state index contributed by atoms with van der Waals surface area (Å²) in [6.45, 7) is 2.09. The van der Waals surface area contributed by atoms with Gasteiger partial charge in [-0.3, -0.25) is 4.79 Å². The van der Waals surface area contributed by atoms with Crippen molar-refractivity contribution >= 4 is 28.7 Å². The Hall–Kier alpha value is -4.12. The molecule has 0 saturated carbocycles. The largest absolute Gasteiger partial charge is 0.345 e. The van der Waals surface area contributed by atoms with Crippen LogP contribution in [0.1, 0.15) is 13.3 Å². The van der Waals surface area contributed by atoms with E-state index >= 15 is 0 Å². The van der Waals surface area contributed by atoms with E-state index in [0.717, 1.165) is 22.6 Å². The van der Waals surface area contributed by atoms with Crippen LogP contribution in [0.5, 0.6) is 0 Å². The van der Waals surface area contributed by atoms with Gasteiger partial charge in [-0.1, -0.05) is 6.07 Å². The molecule has 0 saturated heterocycles. The van der Waals surface area contributed by atoms with Crippen LogP contribution in [0.25, 0.3) is 16.9 Å². The highest BCUT2D eigenvalue weighted by Gasteiger charge is 2.11. The number of hydrogen-bond acceptors (Lipinski definition) is 5. The molecule has 0 fully saturated rings. The fraction of sp³-hybridized carbons (Fsp3) is 0.143. The number of amides is 1. The maximum absolute atomic E-state index is 11.3. The van der Waals surface area contributed by atoms with E-state index in [1.165, 1.54) is 6.92 Å². The van der Waals surface area contributed by atoms with Gasteiger partial charge >= 0.3 is 0 Å². The molecule has 0 unspecified atom stereocenters. The van der Waals surface area contributed by atoms with Crippen LogP contribution in [0.2, 0.25) is 0 Å². The predicted octanol–water partition coefficient (Wildman–Crippen LogP) is 3.81. The minimum absolute atomic E-state index is 0.129. The number of nitrogens with one attached hydrogen (secondary N) is 2. The van der Waals surface area contributed by atoms with Crippen LogP contribution in [0.3, 0.4) is 0 Å². The van der Waals surface area contributed by atoms with Crippen LogP contribution in [-0.2, 0) is 11.3 Å². The Bertz CT molecular complexity index is 1220. The van der Waals surface area contributed by atoms with Crippen molar-refractivity contribution in [3.05, 3.63) is 60.9 Å². The Morgan fingerprint density at radius 1 is 1.14 bits per heavy atom. The van der Waals surface area contributed by atoms with Crippen LogP contribution in [0.4, 0.5) is 17.3 Å². The zero-order chi connectivity index (χ0) is 20.2. The lowest BCUT2D eigenvalue weighted by atomic mass is 10.3. The van der Waals surface area contributed by atoms with E-state index in [0.29, 0.717) is 24.6 Å². The van der Waals surface area contributed by atoms with E-state index in [1.54, 1.807) is 6.20 Å². The second kappa shape index (κ2) is 7.86. The van der Waals surface area contributed by atoms with Crippen LogP contribution >= 0.6 is 0 Å². The van der Waals surface area contributed by atoms with Crippen molar-refractivity contribution in [3.63, 3.8) is 0 Å². The van der Waals surface area contributed by atoms with Gasteiger partial charge in [0.2, 0.25) is 11.9 Å². The van der Waals surface area contributed by atoms with Gasteiger partial charge in [-0.2, -0.15) is 5.26 Å². The first-order valence-electron chi connectivity index (χ1n) is 9.16. The lowest BCUT2D eigenvalue weighted by Crippen LogP contribution is -2.07. The zero-order valence-electron chi connectivity index (χ0n) is 15.8. The van der Waals surface area contributed by atoms with E-state index in [2.05, 4.69) is 26.8 Å². The van der Waals surface area contributed by atoms with Crippen LogP contribution < -0.4 is 10.6 Å². The number of anilines is 3. The summed E-state index contributed by atoms with van der Waals surface area (Å²) in [5.74, 6) is 0.307. The predicted molar refractivity (Wildman–Crippen MR) is 111 cm³/mol. The number of fused-ring (bicyclic) bond motifs is 1. The summed E-state index contributed by atoms with van der Waals surface area (Å²) in [6.07, 6.45) is 4.15. The number of carbonyl (C=O) groups is 1. The molecule has 144 valence electrons. The third-order valence-electron chi connectivity index (χ3n) is 4.39. The molecule has 2 N–H and O–H groups in total. The first kappa shape index (κ1) is 18.3. The summed E-state index contributed by atoms with van der Waals surface area (Å²) in [7, 11) is 0. The number of carbonyl (C=O) groups excluding carboxylic acids is 1. The molecule has 4 rings (SSSR count). The SMILES string of the molecule is CC(=O)Nc1cccc(Nc2ncc3ccc(-c4cccn4CCC#N)n3n2)c1. The second-order valence-corrected chi connectivity index (χ2v) is 6.52. The van der Waals surface area contributed by atoms with Crippen molar-refractivity contribution < 1.29 is 4.79 Å². The minimum Gasteiger partial charge on any atom is -0.345 e. The minimum atomic E-state index is -0.129. The van der Waals surface area contributed by atoms with Crippen LogP contribution in [-0.4, -0.2) is 25.1 Å². The normalized spacial score (nSPS) is 10.6. The van der Waals surface area contributed by atoms with Crippen LogP contribution in [0, 0.1) is 11.3 Å². The quantitative estimate of drug-likeness (QED) is 0.526. The summed E-state index contributed by atoms with van der Waals surface area (Å²) in [5, 5.41) is 19.4. The lowest BCUT2D eigenvalue weighted by molar-refractivity contribution is -0.114. The Balaban J connectivity index is 1.65. The third kappa shape index (κ3) is 3.94. The van der Waals surface area contributed by atoms with Gasteiger partial charge in [0.1, 0.15) is 0 Å². The third-order valence-corrected chi connectivity index (χ3v) is 4.39. The number of aryl methyl sites for hydroxylation is 1. The van der Waals surface area contributed by atoms with E-state index in [9.17, 15) is 4.79 Å². The van der Waals surface area contributed by atoms with E-state index in [-0.39, 0.29) is 5.91 Å². The van der Waals surface area contributed by atoms with E-state index < -0.39 is 0 Å². The monoisotopic (exact) mass is 385 g/mol. The fourth-order valence-electron chi connectivity index (χ4n) is 3.17. The summed E-state index contributed by atoms with van der Waals surface area (Å²) in [6, 6.07) is 17.4. The average molecular weight is 385 g/mol. The van der Waals surface area contributed by atoms with Gasteiger partial charge in [-0.05, 0) is 42.5 Å². The number of hydrogen-bond donors (Lipinski definition) is 2. The topological polar surface area (TPSA) is 100 Å². The first-order chi connectivity index (χ1) is 14.1. The smallest absolute Gasteiger partial charge is 0.245 e. The van der Waals surface area contributed by atoms with Crippen molar-refractivity contribution in [1.29, 1.82) is 5.26 Å². The van der Waals surface area contributed by atoms with Gasteiger partial charge in [-0.25, -0.2) is 9.50 Å². The van der Waals surface area contributed by atoms with Gasteiger partial charge < -0.3 is 15.2 Å². The molecule has 8 heteroatoms. The molecule has 8 nitrogen and oxygen atoms in total. The number of rotatable bonds is 6.